The van der Waals surface area contributed by atoms with Gasteiger partial charge in [0.15, 0.2) is 11.5 Å². The molecule has 1 aromatic carbocycles. The molecule has 0 unspecified atom stereocenters. The highest BCUT2D eigenvalue weighted by Gasteiger charge is 2.37. The van der Waals surface area contributed by atoms with Crippen molar-refractivity contribution in [3.05, 3.63) is 27.1 Å². The van der Waals surface area contributed by atoms with Gasteiger partial charge in [-0.2, -0.15) is 0 Å². The first-order valence-electron chi connectivity index (χ1n) is 8.59. The van der Waals surface area contributed by atoms with Crippen molar-refractivity contribution in [1.29, 1.82) is 0 Å². The molecule has 3 amide bonds. The number of hydrogen-bond acceptors (Lipinski definition) is 6. The summed E-state index contributed by atoms with van der Waals surface area (Å²) in [6.45, 7) is 3.28. The predicted octanol–water partition coefficient (Wildman–Crippen LogP) is 3.21. The summed E-state index contributed by atoms with van der Waals surface area (Å²) in [5, 5.41) is 9.53. The summed E-state index contributed by atoms with van der Waals surface area (Å²) >= 11 is 4.05. The van der Waals surface area contributed by atoms with Gasteiger partial charge in [0.05, 0.1) is 16.0 Å². The van der Waals surface area contributed by atoms with Gasteiger partial charge in [0, 0.05) is 13.1 Å². The molecule has 144 valence electrons. The number of nitrogens with zero attached hydrogens (tertiary/aromatic N) is 2. The number of carbonyl (C=O) groups is 3. The van der Waals surface area contributed by atoms with Gasteiger partial charge in [0.2, 0.25) is 5.91 Å². The van der Waals surface area contributed by atoms with Crippen molar-refractivity contribution < 1.29 is 24.2 Å². The number of aromatic hydroxyl groups is 1. The lowest BCUT2D eigenvalue weighted by Crippen LogP contribution is -2.40. The van der Waals surface area contributed by atoms with E-state index in [1.54, 1.807) is 30.0 Å². The average Bonchev–Trinajstić information content (AvgIpc) is 3.24. The Balaban J connectivity index is 1.78. The number of ether oxygens (including phenoxy) is 1. The van der Waals surface area contributed by atoms with Gasteiger partial charge in [-0.15, -0.1) is 0 Å². The molecule has 1 aromatic rings. The topological polar surface area (TPSA) is 87.2 Å². The van der Waals surface area contributed by atoms with Crippen LogP contribution in [0.3, 0.4) is 0 Å². The summed E-state index contributed by atoms with van der Waals surface area (Å²) in [7, 11) is 0. The number of imide groups is 1. The third-order valence-corrected chi connectivity index (χ3v) is 5.79. The summed E-state index contributed by atoms with van der Waals surface area (Å²) in [5.41, 5.74) is 0.597. The van der Waals surface area contributed by atoms with Gasteiger partial charge < -0.3 is 14.7 Å². The molecule has 2 fully saturated rings. The minimum atomic E-state index is -0.486. The first-order valence-corrected chi connectivity index (χ1v) is 10.2. The van der Waals surface area contributed by atoms with Crippen LogP contribution in [0.5, 0.6) is 11.5 Å². The van der Waals surface area contributed by atoms with Crippen LogP contribution >= 0.6 is 27.7 Å². The smallest absolute Gasteiger partial charge is 0.294 e. The summed E-state index contributed by atoms with van der Waals surface area (Å²) in [6, 6.07) is 3.22. The molecule has 0 aromatic heterocycles. The molecule has 0 spiro atoms. The molecule has 2 aliphatic rings. The van der Waals surface area contributed by atoms with Gasteiger partial charge >= 0.3 is 0 Å². The van der Waals surface area contributed by atoms with Gasteiger partial charge in [0.25, 0.3) is 11.1 Å². The quantitative estimate of drug-likeness (QED) is 0.687. The molecule has 27 heavy (non-hydrogen) atoms. The Morgan fingerprint density at radius 2 is 2.04 bits per heavy atom. The molecule has 7 nitrogen and oxygen atoms in total. The highest BCUT2D eigenvalue weighted by Crippen LogP contribution is 2.38. The SMILES string of the molecule is CCOc1cc(/C=C2/SC(=O)N(CC(=O)N3CCCC3)C2=O)cc(Br)c1O. The van der Waals surface area contributed by atoms with E-state index in [0.717, 1.165) is 29.5 Å². The third-order valence-electron chi connectivity index (χ3n) is 4.27. The summed E-state index contributed by atoms with van der Waals surface area (Å²) in [4.78, 5) is 39.9. The molecule has 2 aliphatic heterocycles. The fraction of sp³-hybridized carbons (Fsp3) is 0.389. The van der Waals surface area contributed by atoms with E-state index in [1.807, 2.05) is 0 Å². The van der Waals surface area contributed by atoms with Crippen molar-refractivity contribution in [3.8, 4) is 11.5 Å². The maximum Gasteiger partial charge on any atom is 0.294 e. The number of phenolic OH excluding ortho intramolecular Hbond substituents is 1. The van der Waals surface area contributed by atoms with Crippen molar-refractivity contribution in [2.75, 3.05) is 26.2 Å². The van der Waals surface area contributed by atoms with Crippen LogP contribution in [0.4, 0.5) is 4.79 Å². The number of rotatable bonds is 5. The Morgan fingerprint density at radius 1 is 1.33 bits per heavy atom. The zero-order valence-electron chi connectivity index (χ0n) is 14.7. The van der Waals surface area contributed by atoms with Crippen molar-refractivity contribution in [2.45, 2.75) is 19.8 Å². The zero-order chi connectivity index (χ0) is 19.6. The van der Waals surface area contributed by atoms with Crippen LogP contribution in [0, 0.1) is 0 Å². The highest BCUT2D eigenvalue weighted by molar-refractivity contribution is 9.10. The fourth-order valence-electron chi connectivity index (χ4n) is 2.93. The minimum absolute atomic E-state index is 0.0293. The van der Waals surface area contributed by atoms with E-state index in [2.05, 4.69) is 15.9 Å². The third kappa shape index (κ3) is 4.30. The second-order valence-electron chi connectivity index (χ2n) is 6.14. The number of amides is 3. The van der Waals surface area contributed by atoms with Crippen molar-refractivity contribution in [2.24, 2.45) is 0 Å². The van der Waals surface area contributed by atoms with Gasteiger partial charge in [0.1, 0.15) is 6.54 Å². The maximum atomic E-state index is 12.6. The lowest BCUT2D eigenvalue weighted by Gasteiger charge is -2.18. The number of thioether (sulfide) groups is 1. The Labute approximate surface area is 169 Å². The zero-order valence-corrected chi connectivity index (χ0v) is 17.1. The second-order valence-corrected chi connectivity index (χ2v) is 7.99. The maximum absolute atomic E-state index is 12.6. The van der Waals surface area contributed by atoms with Crippen LogP contribution in [0.15, 0.2) is 21.5 Å². The van der Waals surface area contributed by atoms with E-state index in [4.69, 9.17) is 4.74 Å². The van der Waals surface area contributed by atoms with Gasteiger partial charge in [-0.05, 0) is 71.2 Å². The number of benzene rings is 1. The normalized spacial score (nSPS) is 18.7. The number of likely N-dealkylation sites (tertiary alicyclic amines) is 1. The Hall–Kier alpha value is -2.00. The standard InChI is InChI=1S/C18H19BrN2O5S/c1-2-26-13-8-11(7-12(19)16(13)23)9-14-17(24)21(18(25)27-14)10-15(22)20-5-3-4-6-20/h7-9,23H,2-6,10H2,1H3/b14-9+. The molecule has 3 rings (SSSR count). The largest absolute Gasteiger partial charge is 0.503 e. The molecule has 0 atom stereocenters. The Morgan fingerprint density at radius 3 is 2.70 bits per heavy atom. The van der Waals surface area contributed by atoms with Crippen LogP contribution in [-0.4, -0.2) is 58.2 Å². The van der Waals surface area contributed by atoms with Crippen LogP contribution in [0.2, 0.25) is 0 Å². The minimum Gasteiger partial charge on any atom is -0.503 e. The lowest BCUT2D eigenvalue weighted by molar-refractivity contribution is -0.135. The lowest BCUT2D eigenvalue weighted by atomic mass is 10.2. The Bertz CT molecular complexity index is 820. The van der Waals surface area contributed by atoms with E-state index < -0.39 is 11.1 Å². The molecule has 2 heterocycles. The molecule has 1 N–H and O–H groups in total. The van der Waals surface area contributed by atoms with Crippen LogP contribution in [0.1, 0.15) is 25.3 Å². The van der Waals surface area contributed by atoms with E-state index in [1.165, 1.54) is 0 Å². The highest BCUT2D eigenvalue weighted by atomic mass is 79.9. The molecule has 0 saturated carbocycles. The van der Waals surface area contributed by atoms with Gasteiger partial charge in [-0.25, -0.2) is 0 Å². The van der Waals surface area contributed by atoms with E-state index >= 15 is 0 Å². The van der Waals surface area contributed by atoms with Crippen LogP contribution < -0.4 is 4.74 Å². The van der Waals surface area contributed by atoms with E-state index in [9.17, 15) is 19.5 Å². The monoisotopic (exact) mass is 454 g/mol. The van der Waals surface area contributed by atoms with Crippen molar-refractivity contribution in [3.63, 3.8) is 0 Å². The number of phenols is 1. The van der Waals surface area contributed by atoms with Crippen molar-refractivity contribution in [1.82, 2.24) is 9.80 Å². The first kappa shape index (κ1) is 19.8. The Kier molecular flexibility index (Phi) is 6.11. The summed E-state index contributed by atoms with van der Waals surface area (Å²) in [5.74, 6) is -0.443. The summed E-state index contributed by atoms with van der Waals surface area (Å²) < 4.78 is 5.79. The molecule has 0 bridgehead atoms. The fourth-order valence-corrected chi connectivity index (χ4v) is 4.23. The average molecular weight is 455 g/mol. The molecule has 9 heteroatoms. The van der Waals surface area contributed by atoms with E-state index in [0.29, 0.717) is 29.7 Å². The number of halogens is 1. The summed E-state index contributed by atoms with van der Waals surface area (Å²) in [6.07, 6.45) is 3.45. The molecule has 0 radical (unpaired) electrons. The molecular weight excluding hydrogens is 436 g/mol. The first-order chi connectivity index (χ1) is 12.9. The van der Waals surface area contributed by atoms with E-state index in [-0.39, 0.29) is 28.9 Å². The second kappa shape index (κ2) is 8.35. The molecule has 0 aliphatic carbocycles. The molecular formula is C18H19BrN2O5S. The number of carbonyl (C=O) groups excluding carboxylic acids is 3. The molecule has 2 saturated heterocycles. The van der Waals surface area contributed by atoms with Gasteiger partial charge in [-0.1, -0.05) is 0 Å². The van der Waals surface area contributed by atoms with Crippen LogP contribution in [-0.2, 0) is 9.59 Å². The van der Waals surface area contributed by atoms with Crippen molar-refractivity contribution >= 4 is 50.8 Å². The number of hydrogen-bond donors (Lipinski definition) is 1. The van der Waals surface area contributed by atoms with Crippen LogP contribution in [0.25, 0.3) is 6.08 Å². The van der Waals surface area contributed by atoms with Gasteiger partial charge in [-0.3, -0.25) is 19.3 Å². The predicted molar refractivity (Wildman–Crippen MR) is 105 cm³/mol.